The summed E-state index contributed by atoms with van der Waals surface area (Å²) >= 11 is 6.47. The lowest BCUT2D eigenvalue weighted by Gasteiger charge is -2.40. The van der Waals surface area contributed by atoms with Crippen LogP contribution in [0.2, 0.25) is 5.02 Å². The third kappa shape index (κ3) is 8.78. The number of carbonyl (C=O) groups excluding carboxylic acids is 4. The van der Waals surface area contributed by atoms with Crippen molar-refractivity contribution in [2.45, 2.75) is 31.7 Å². The van der Waals surface area contributed by atoms with E-state index in [0.29, 0.717) is 40.1 Å². The molecule has 1 aromatic heterocycles. The summed E-state index contributed by atoms with van der Waals surface area (Å²) in [7, 11) is -0.417. The quantitative estimate of drug-likeness (QED) is 0.169. The number of halogens is 1. The number of fused-ring (bicyclic) bond motifs is 1. The third-order valence-electron chi connectivity index (χ3n) is 11.8. The summed E-state index contributed by atoms with van der Waals surface area (Å²) in [6, 6.07) is 17.3. The van der Waals surface area contributed by atoms with Crippen molar-refractivity contribution in [3.05, 3.63) is 83.0 Å². The van der Waals surface area contributed by atoms with Crippen LogP contribution < -0.4 is 34.8 Å². The molecular weight excluding hydrogens is 824 g/mol. The number of nitrogens with zero attached hydrogens (tertiary/aromatic N) is 7. The molecule has 320 valence electrons. The van der Waals surface area contributed by atoms with Crippen LogP contribution in [-0.4, -0.2) is 124 Å². The van der Waals surface area contributed by atoms with Gasteiger partial charge >= 0.3 is 0 Å². The lowest BCUT2D eigenvalue weighted by molar-refractivity contribution is -0.136. The average molecular weight is 871 g/mol. The molecule has 4 aliphatic rings. The minimum atomic E-state index is -3.51. The zero-order valence-corrected chi connectivity index (χ0v) is 35.6. The molecule has 0 saturated carbocycles. The van der Waals surface area contributed by atoms with Crippen LogP contribution in [0, 0.1) is 5.92 Å². The van der Waals surface area contributed by atoms with Crippen molar-refractivity contribution in [3.8, 4) is 5.75 Å². The summed E-state index contributed by atoms with van der Waals surface area (Å²) in [6.07, 6.45) is 4.91. The number of benzene rings is 3. The van der Waals surface area contributed by atoms with Crippen LogP contribution in [0.1, 0.15) is 46.4 Å². The molecule has 3 N–H and O–H groups in total. The number of piperazine rings is 1. The molecule has 0 spiro atoms. The fourth-order valence-corrected chi connectivity index (χ4v) is 9.01. The summed E-state index contributed by atoms with van der Waals surface area (Å²) in [5.41, 5.74) is 4.11. The number of rotatable bonds is 12. The van der Waals surface area contributed by atoms with Gasteiger partial charge in [-0.3, -0.25) is 38.6 Å². The molecule has 1 atom stereocenters. The van der Waals surface area contributed by atoms with Crippen LogP contribution in [0.3, 0.4) is 0 Å². The minimum absolute atomic E-state index is 0.0833. The lowest BCUT2D eigenvalue weighted by Crippen LogP contribution is -2.54. The number of hydrogen-bond acceptors (Lipinski definition) is 14. The zero-order chi connectivity index (χ0) is 43.0. The molecule has 8 rings (SSSR count). The van der Waals surface area contributed by atoms with Gasteiger partial charge in [-0.05, 0) is 67.6 Å². The van der Waals surface area contributed by atoms with Gasteiger partial charge in [-0.25, -0.2) is 13.4 Å². The second kappa shape index (κ2) is 17.2. The predicted octanol–water partition coefficient (Wildman–Crippen LogP) is 4.46. The number of carbonyl (C=O) groups is 4. The van der Waals surface area contributed by atoms with E-state index in [1.54, 1.807) is 43.5 Å². The highest BCUT2D eigenvalue weighted by atomic mass is 35.5. The van der Waals surface area contributed by atoms with Gasteiger partial charge in [0.2, 0.25) is 27.8 Å². The average Bonchev–Trinajstić information content (AvgIpc) is 3.50. The summed E-state index contributed by atoms with van der Waals surface area (Å²) in [4.78, 5) is 67.6. The Labute approximate surface area is 359 Å². The number of sulfonamides is 1. The van der Waals surface area contributed by atoms with E-state index in [1.807, 2.05) is 24.3 Å². The van der Waals surface area contributed by atoms with Crippen LogP contribution in [0.5, 0.6) is 5.75 Å². The van der Waals surface area contributed by atoms with Crippen molar-refractivity contribution in [2.24, 2.45) is 5.92 Å². The van der Waals surface area contributed by atoms with Gasteiger partial charge in [0.15, 0.2) is 5.82 Å². The Morgan fingerprint density at radius 2 is 1.54 bits per heavy atom. The second-order valence-corrected chi connectivity index (χ2v) is 18.1. The Morgan fingerprint density at radius 3 is 2.26 bits per heavy atom. The first kappa shape index (κ1) is 41.7. The number of imide groups is 2. The molecule has 19 heteroatoms. The SMILES string of the molecule is COc1cc(N2CCC(CN3CCN(c4ccc5c(c4)C(=O)N(C4CCC(=O)NC4=O)C5=O)CC3)CC2)ccc1Nc1ncc(Cl)c(Nc2ccccc2N(C)S(C)(=O)=O)n1. The van der Waals surface area contributed by atoms with Gasteiger partial charge in [0.05, 0.1) is 47.8 Å². The number of amides is 4. The van der Waals surface area contributed by atoms with Crippen LogP contribution in [0.25, 0.3) is 0 Å². The van der Waals surface area contributed by atoms with Gasteiger partial charge in [-0.15, -0.1) is 0 Å². The number of anilines is 7. The number of hydrogen-bond donors (Lipinski definition) is 3. The Balaban J connectivity index is 0.834. The molecule has 4 aromatic rings. The van der Waals surface area contributed by atoms with Crippen LogP contribution >= 0.6 is 11.6 Å². The number of aromatic nitrogens is 2. The highest BCUT2D eigenvalue weighted by molar-refractivity contribution is 7.92. The minimum Gasteiger partial charge on any atom is -0.494 e. The predicted molar refractivity (Wildman–Crippen MR) is 233 cm³/mol. The fraction of sp³-hybridized carbons (Fsp3) is 0.381. The van der Waals surface area contributed by atoms with Crippen LogP contribution in [0.15, 0.2) is 66.9 Å². The molecule has 61 heavy (non-hydrogen) atoms. The number of methoxy groups -OCH3 is 1. The largest absolute Gasteiger partial charge is 0.494 e. The summed E-state index contributed by atoms with van der Waals surface area (Å²) in [6.45, 7) is 6.14. The van der Waals surface area contributed by atoms with Gasteiger partial charge in [-0.1, -0.05) is 23.7 Å². The monoisotopic (exact) mass is 870 g/mol. The molecule has 3 saturated heterocycles. The van der Waals surface area contributed by atoms with Crippen LogP contribution in [0.4, 0.5) is 40.2 Å². The van der Waals surface area contributed by atoms with E-state index >= 15 is 0 Å². The van der Waals surface area contributed by atoms with Crippen molar-refractivity contribution in [2.75, 3.05) is 91.0 Å². The molecule has 1 unspecified atom stereocenters. The Bertz CT molecular complexity index is 2490. The number of nitrogens with one attached hydrogen (secondary N) is 3. The second-order valence-electron chi connectivity index (χ2n) is 15.7. The van der Waals surface area contributed by atoms with Crippen molar-refractivity contribution >= 4 is 85.5 Å². The van der Waals surface area contributed by atoms with Crippen molar-refractivity contribution in [1.29, 1.82) is 0 Å². The lowest BCUT2D eigenvalue weighted by atomic mass is 9.95. The highest BCUT2D eigenvalue weighted by Crippen LogP contribution is 2.36. The Morgan fingerprint density at radius 1 is 0.852 bits per heavy atom. The molecule has 0 bridgehead atoms. The van der Waals surface area contributed by atoms with Crippen molar-refractivity contribution in [1.82, 2.24) is 25.1 Å². The molecule has 0 aliphatic carbocycles. The Hall–Kier alpha value is -5.98. The molecule has 4 aliphatic heterocycles. The maximum atomic E-state index is 13.4. The summed E-state index contributed by atoms with van der Waals surface area (Å²) in [5, 5.41) is 8.88. The van der Waals surface area contributed by atoms with E-state index in [-0.39, 0.29) is 29.4 Å². The number of piperidine rings is 2. The van der Waals surface area contributed by atoms with E-state index in [1.165, 1.54) is 17.5 Å². The van der Waals surface area contributed by atoms with Crippen LogP contribution in [-0.2, 0) is 19.6 Å². The van der Waals surface area contributed by atoms with Crippen molar-refractivity contribution < 1.29 is 32.3 Å². The van der Waals surface area contributed by atoms with E-state index in [9.17, 15) is 27.6 Å². The molecule has 17 nitrogen and oxygen atoms in total. The zero-order valence-electron chi connectivity index (χ0n) is 34.1. The summed E-state index contributed by atoms with van der Waals surface area (Å²) in [5.74, 6) is -0.268. The summed E-state index contributed by atoms with van der Waals surface area (Å²) < 4.78 is 31.5. The molecule has 0 radical (unpaired) electrons. The van der Waals surface area contributed by atoms with E-state index in [0.717, 1.165) is 81.2 Å². The van der Waals surface area contributed by atoms with E-state index < -0.39 is 39.7 Å². The van der Waals surface area contributed by atoms with Gasteiger partial charge in [0.25, 0.3) is 11.8 Å². The first-order valence-corrected chi connectivity index (χ1v) is 22.4. The van der Waals surface area contributed by atoms with E-state index in [2.05, 4.69) is 40.6 Å². The standard InChI is InChI=1S/C42H47ClN10O7S/c1-49(61(3,58)59)34-7-5-4-6-32(34)45-38-31(43)24-44-42(48-38)46-33-11-9-28(23-36(33)60-2)51-16-14-26(15-17-51)25-50-18-20-52(21-19-50)27-8-10-29-30(22-27)41(57)53(40(29)56)35-12-13-37(54)47-39(35)55/h4-11,22-24,26,35H,12-21,25H2,1-3H3,(H,47,54,55)(H2,44,45,46,48). The molecule has 4 amide bonds. The third-order valence-corrected chi connectivity index (χ3v) is 13.3. The Kier molecular flexibility index (Phi) is 11.8. The van der Waals surface area contributed by atoms with Gasteiger partial charge in [-0.2, -0.15) is 4.98 Å². The maximum absolute atomic E-state index is 13.4. The molecule has 3 fully saturated rings. The fourth-order valence-electron chi connectivity index (χ4n) is 8.36. The first-order valence-electron chi connectivity index (χ1n) is 20.1. The van der Waals surface area contributed by atoms with Crippen molar-refractivity contribution in [3.63, 3.8) is 0 Å². The molecule has 5 heterocycles. The smallest absolute Gasteiger partial charge is 0.262 e. The van der Waals surface area contributed by atoms with E-state index in [4.69, 9.17) is 16.3 Å². The van der Waals surface area contributed by atoms with Gasteiger partial charge in [0, 0.05) is 76.7 Å². The normalized spacial score (nSPS) is 18.9. The number of para-hydroxylation sites is 2. The van der Waals surface area contributed by atoms with Gasteiger partial charge in [0.1, 0.15) is 16.8 Å². The highest BCUT2D eigenvalue weighted by Gasteiger charge is 2.45. The van der Waals surface area contributed by atoms with Gasteiger partial charge < -0.3 is 25.2 Å². The molecular formula is C42H47ClN10O7S. The molecule has 3 aromatic carbocycles. The topological polar surface area (TPSA) is 190 Å². The number of ether oxygens (including phenoxy) is 1. The maximum Gasteiger partial charge on any atom is 0.262 e. The first-order chi connectivity index (χ1) is 29.3.